The number of aromatic nitrogens is 3. The number of pyridine rings is 1. The lowest BCUT2D eigenvalue weighted by Gasteiger charge is -2.09. The monoisotopic (exact) mass is 386 g/mol. The van der Waals surface area contributed by atoms with E-state index in [9.17, 15) is 9.59 Å². The minimum atomic E-state index is -0.663. The number of hydrogen-bond donors (Lipinski definition) is 1. The molecule has 1 atom stereocenters. The van der Waals surface area contributed by atoms with Crippen LogP contribution in [0.5, 0.6) is 0 Å². The number of carbonyl (C=O) groups is 2. The van der Waals surface area contributed by atoms with E-state index in [1.165, 1.54) is 25.0 Å². The Morgan fingerprint density at radius 2 is 2.09 bits per heavy atom. The van der Waals surface area contributed by atoms with Crippen LogP contribution in [-0.4, -0.2) is 34.4 Å². The van der Waals surface area contributed by atoms with Crippen molar-refractivity contribution in [2.45, 2.75) is 19.5 Å². The maximum Gasteiger partial charge on any atom is 0.328 e. The fraction of sp³-hybridized carbons (Fsp3) is 0.308. The van der Waals surface area contributed by atoms with Crippen molar-refractivity contribution in [2.75, 3.05) is 7.11 Å². The Hall–Kier alpha value is -1.87. The summed E-state index contributed by atoms with van der Waals surface area (Å²) in [4.78, 5) is 27.1. The fourth-order valence-corrected chi connectivity index (χ4v) is 2.22. The van der Waals surface area contributed by atoms with Crippen molar-refractivity contribution in [3.8, 4) is 10.6 Å². The largest absolute Gasteiger partial charge is 1.00 e. The van der Waals surface area contributed by atoms with Crippen molar-refractivity contribution in [2.24, 2.45) is 0 Å². The lowest BCUT2D eigenvalue weighted by molar-refractivity contribution is -0.684. The van der Waals surface area contributed by atoms with Gasteiger partial charge in [-0.15, -0.1) is 0 Å². The summed E-state index contributed by atoms with van der Waals surface area (Å²) in [5, 5.41) is 3.39. The van der Waals surface area contributed by atoms with Crippen LogP contribution in [0.4, 0.5) is 0 Å². The number of rotatable bonds is 5. The van der Waals surface area contributed by atoms with E-state index in [4.69, 9.17) is 0 Å². The Labute approximate surface area is 142 Å². The van der Waals surface area contributed by atoms with Crippen LogP contribution >= 0.6 is 11.5 Å². The van der Waals surface area contributed by atoms with E-state index in [1.807, 2.05) is 12.1 Å². The quantitative estimate of drug-likeness (QED) is 0.442. The van der Waals surface area contributed by atoms with Gasteiger partial charge in [0.05, 0.1) is 7.11 Å². The molecular weight excluding hydrogens is 372 g/mol. The van der Waals surface area contributed by atoms with Crippen molar-refractivity contribution in [3.05, 3.63) is 30.9 Å². The third-order valence-electron chi connectivity index (χ3n) is 2.76. The molecule has 2 rings (SSSR count). The maximum atomic E-state index is 11.8. The van der Waals surface area contributed by atoms with Crippen LogP contribution in [0.3, 0.4) is 0 Å². The number of nitrogens with zero attached hydrogens (tertiary/aromatic N) is 3. The minimum absolute atomic E-state index is 0. The van der Waals surface area contributed by atoms with Crippen molar-refractivity contribution >= 4 is 23.4 Å². The van der Waals surface area contributed by atoms with E-state index in [2.05, 4.69) is 19.4 Å². The highest BCUT2D eigenvalue weighted by molar-refractivity contribution is 7.09. The first-order valence-electron chi connectivity index (χ1n) is 6.23. The number of carbonyl (C=O) groups excluding carboxylic acids is 2. The van der Waals surface area contributed by atoms with Gasteiger partial charge in [-0.3, -0.25) is 4.79 Å². The summed E-state index contributed by atoms with van der Waals surface area (Å²) in [7, 11) is 1.28. The number of ether oxygens (including phenoxy) is 1. The molecule has 2 aromatic heterocycles. The van der Waals surface area contributed by atoms with Crippen LogP contribution in [0.1, 0.15) is 6.92 Å². The van der Waals surface area contributed by atoms with Crippen molar-refractivity contribution in [3.63, 3.8) is 0 Å². The van der Waals surface area contributed by atoms with Gasteiger partial charge in [0.25, 0.3) is 5.91 Å². The van der Waals surface area contributed by atoms with Crippen LogP contribution in [-0.2, 0) is 20.9 Å². The SMILES string of the molecule is COC(=O)C(C)NC(=O)C[n+]1ccc(-c2ncns2)cc1.[Br-]. The molecule has 0 spiro atoms. The molecule has 9 heteroatoms. The standard InChI is InChI=1S/C13H14N4O3S.BrH/c1-9(13(19)20-2)16-11(18)7-17-5-3-10(4-6-17)12-14-8-15-21-12;/h3-6,8-9H,7H2,1-2H3;1H. The number of hydrogen-bond acceptors (Lipinski definition) is 6. The summed E-state index contributed by atoms with van der Waals surface area (Å²) in [6, 6.07) is 3.05. The molecule has 0 aliphatic rings. The lowest BCUT2D eigenvalue weighted by Crippen LogP contribution is -3.00. The van der Waals surface area contributed by atoms with Crippen LogP contribution in [0.2, 0.25) is 0 Å². The number of methoxy groups -OCH3 is 1. The van der Waals surface area contributed by atoms with Gasteiger partial charge < -0.3 is 27.0 Å². The molecule has 1 N–H and O–H groups in total. The van der Waals surface area contributed by atoms with Gasteiger partial charge in [-0.2, -0.15) is 8.94 Å². The third-order valence-corrected chi connectivity index (χ3v) is 3.47. The summed E-state index contributed by atoms with van der Waals surface area (Å²) >= 11 is 1.31. The molecule has 0 saturated carbocycles. The van der Waals surface area contributed by atoms with E-state index in [0.29, 0.717) is 0 Å². The van der Waals surface area contributed by atoms with Gasteiger partial charge in [0.2, 0.25) is 6.54 Å². The van der Waals surface area contributed by atoms with Crippen molar-refractivity contribution in [1.82, 2.24) is 14.7 Å². The maximum absolute atomic E-state index is 11.8. The summed E-state index contributed by atoms with van der Waals surface area (Å²) in [6.07, 6.45) is 5.06. The lowest BCUT2D eigenvalue weighted by atomic mass is 10.3. The van der Waals surface area contributed by atoms with Crippen molar-refractivity contribution in [1.29, 1.82) is 0 Å². The van der Waals surface area contributed by atoms with E-state index >= 15 is 0 Å². The second-order valence-corrected chi connectivity index (χ2v) is 5.10. The summed E-state index contributed by atoms with van der Waals surface area (Å²) < 4.78 is 10.2. The molecule has 22 heavy (non-hydrogen) atoms. The Kier molecular flexibility index (Phi) is 7.06. The highest BCUT2D eigenvalue weighted by atomic mass is 79.9. The van der Waals surface area contributed by atoms with E-state index in [0.717, 1.165) is 10.6 Å². The Morgan fingerprint density at radius 1 is 1.41 bits per heavy atom. The summed E-state index contributed by atoms with van der Waals surface area (Å²) in [5.74, 6) is -0.735. The number of halogens is 1. The zero-order valence-electron chi connectivity index (χ0n) is 12.0. The van der Waals surface area contributed by atoms with Gasteiger partial charge in [0, 0.05) is 17.7 Å². The highest BCUT2D eigenvalue weighted by Crippen LogP contribution is 2.17. The average molecular weight is 387 g/mol. The molecule has 1 amide bonds. The Morgan fingerprint density at radius 3 is 2.64 bits per heavy atom. The molecule has 0 bridgehead atoms. The normalized spacial score (nSPS) is 11.2. The first kappa shape index (κ1) is 18.2. The number of amides is 1. The molecule has 0 aliphatic carbocycles. The summed E-state index contributed by atoms with van der Waals surface area (Å²) in [6.45, 7) is 1.70. The molecule has 0 radical (unpaired) electrons. The zero-order valence-corrected chi connectivity index (χ0v) is 14.4. The highest BCUT2D eigenvalue weighted by Gasteiger charge is 2.18. The molecule has 7 nitrogen and oxygen atoms in total. The van der Waals surface area contributed by atoms with Gasteiger partial charge in [0.1, 0.15) is 17.4 Å². The van der Waals surface area contributed by atoms with E-state index < -0.39 is 12.0 Å². The van der Waals surface area contributed by atoms with Crippen LogP contribution in [0.25, 0.3) is 10.6 Å². The van der Waals surface area contributed by atoms with Gasteiger partial charge >= 0.3 is 5.97 Å². The molecular formula is C13H15BrN4O3S. The van der Waals surface area contributed by atoms with E-state index in [-0.39, 0.29) is 29.4 Å². The predicted molar refractivity (Wildman–Crippen MR) is 75.2 cm³/mol. The van der Waals surface area contributed by atoms with E-state index in [1.54, 1.807) is 23.9 Å². The van der Waals surface area contributed by atoms with Crippen LogP contribution in [0, 0.1) is 0 Å². The topological polar surface area (TPSA) is 85.1 Å². The number of nitrogens with one attached hydrogen (secondary N) is 1. The smallest absolute Gasteiger partial charge is 0.328 e. The molecule has 118 valence electrons. The predicted octanol–water partition coefficient (Wildman–Crippen LogP) is -2.83. The summed E-state index contributed by atoms with van der Waals surface area (Å²) in [5.41, 5.74) is 0.942. The third kappa shape index (κ3) is 4.85. The fourth-order valence-electron chi connectivity index (χ4n) is 1.69. The van der Waals surface area contributed by atoms with Gasteiger partial charge in [-0.05, 0) is 18.5 Å². The second kappa shape index (κ2) is 8.54. The number of esters is 1. The Balaban J connectivity index is 0.00000242. The minimum Gasteiger partial charge on any atom is -1.00 e. The van der Waals surface area contributed by atoms with Crippen molar-refractivity contribution < 1.29 is 35.9 Å². The first-order valence-corrected chi connectivity index (χ1v) is 7.01. The molecule has 0 aliphatic heterocycles. The molecule has 0 fully saturated rings. The molecule has 2 aromatic rings. The van der Waals surface area contributed by atoms with Gasteiger partial charge in [-0.25, -0.2) is 9.78 Å². The molecule has 2 heterocycles. The molecule has 0 saturated heterocycles. The van der Waals surface area contributed by atoms with Gasteiger partial charge in [-0.1, -0.05) is 0 Å². The Bertz CT molecular complexity index is 619. The molecule has 1 unspecified atom stereocenters. The van der Waals surface area contributed by atoms with Gasteiger partial charge in [0.15, 0.2) is 12.4 Å². The average Bonchev–Trinajstić information content (AvgIpc) is 3.01. The van der Waals surface area contributed by atoms with Crippen LogP contribution in [0.15, 0.2) is 30.9 Å². The molecule has 0 aromatic carbocycles. The second-order valence-electron chi connectivity index (χ2n) is 4.32. The first-order chi connectivity index (χ1) is 10.1. The van der Waals surface area contributed by atoms with Crippen LogP contribution < -0.4 is 26.9 Å². The zero-order chi connectivity index (χ0) is 15.2.